The van der Waals surface area contributed by atoms with E-state index in [-0.39, 0.29) is 16.2 Å². The van der Waals surface area contributed by atoms with Gasteiger partial charge in [0, 0.05) is 5.75 Å². The number of hydrogen-bond acceptors (Lipinski definition) is 5. The van der Waals surface area contributed by atoms with Crippen LogP contribution in [0.1, 0.15) is 18.1 Å². The van der Waals surface area contributed by atoms with Gasteiger partial charge in [-0.15, -0.1) is 11.8 Å². The largest absolute Gasteiger partial charge is 0.480 e. The van der Waals surface area contributed by atoms with Crippen molar-refractivity contribution in [2.45, 2.75) is 30.2 Å². The van der Waals surface area contributed by atoms with Crippen LogP contribution in [0.25, 0.3) is 0 Å². The van der Waals surface area contributed by atoms with Crippen molar-refractivity contribution < 1.29 is 18.3 Å². The van der Waals surface area contributed by atoms with Gasteiger partial charge in [-0.25, -0.2) is 8.42 Å². The van der Waals surface area contributed by atoms with Crippen molar-refractivity contribution in [2.24, 2.45) is 0 Å². The summed E-state index contributed by atoms with van der Waals surface area (Å²) in [4.78, 5) is 11.3. The third kappa shape index (κ3) is 2.77. The summed E-state index contributed by atoms with van der Waals surface area (Å²) in [6, 6.07) is 5.19. The van der Waals surface area contributed by atoms with E-state index in [1.165, 1.54) is 23.9 Å². The second-order valence-electron chi connectivity index (χ2n) is 4.71. The summed E-state index contributed by atoms with van der Waals surface area (Å²) in [6.45, 7) is 3.28. The molecule has 2 atom stereocenters. The van der Waals surface area contributed by atoms with E-state index in [1.54, 1.807) is 19.9 Å². The van der Waals surface area contributed by atoms with E-state index >= 15 is 0 Å². The fraction of sp³-hybridized carbons (Fsp3) is 0.385. The van der Waals surface area contributed by atoms with Crippen LogP contribution in [0, 0.1) is 18.3 Å². The molecule has 0 aliphatic carbocycles. The Kier molecular flexibility index (Phi) is 4.27. The minimum Gasteiger partial charge on any atom is -0.480 e. The molecule has 0 spiro atoms. The number of sulfonamides is 1. The van der Waals surface area contributed by atoms with Crippen molar-refractivity contribution in [2.75, 3.05) is 5.75 Å². The highest BCUT2D eigenvalue weighted by Crippen LogP contribution is 2.35. The molecular formula is C13H14N2O4S2. The lowest BCUT2D eigenvalue weighted by Crippen LogP contribution is -2.44. The minimum absolute atomic E-state index is 0.0119. The van der Waals surface area contributed by atoms with Gasteiger partial charge < -0.3 is 5.11 Å². The minimum atomic E-state index is -3.96. The van der Waals surface area contributed by atoms with E-state index in [0.717, 1.165) is 4.31 Å². The zero-order valence-electron chi connectivity index (χ0n) is 11.5. The highest BCUT2D eigenvalue weighted by molar-refractivity contribution is 8.01. The number of carboxylic acid groups (broad SMARTS) is 1. The van der Waals surface area contributed by atoms with Crippen LogP contribution < -0.4 is 0 Å². The quantitative estimate of drug-likeness (QED) is 0.901. The molecule has 2 rings (SSSR count). The summed E-state index contributed by atoms with van der Waals surface area (Å²) in [5.41, 5.74) is 0.716. The monoisotopic (exact) mass is 326 g/mol. The van der Waals surface area contributed by atoms with Crippen LogP contribution >= 0.6 is 11.8 Å². The van der Waals surface area contributed by atoms with Crippen LogP contribution in [0.2, 0.25) is 0 Å². The molecule has 0 radical (unpaired) electrons. The molecule has 1 aromatic carbocycles. The molecular weight excluding hydrogens is 312 g/mol. The van der Waals surface area contributed by atoms with Gasteiger partial charge in [0.25, 0.3) is 0 Å². The number of nitriles is 1. The van der Waals surface area contributed by atoms with E-state index in [0.29, 0.717) is 5.56 Å². The Labute approximate surface area is 127 Å². The van der Waals surface area contributed by atoms with E-state index < -0.39 is 27.4 Å². The third-order valence-electron chi connectivity index (χ3n) is 3.32. The molecule has 0 amide bonds. The standard InChI is InChI=1S/C13H14N2O4S2/c1-8-3-4-10(6-14)5-12(8)21(18,19)15-9(2)20-7-11(15)13(16)17/h3-5,9,11H,7H2,1-2H3,(H,16,17). The second kappa shape index (κ2) is 5.67. The van der Waals surface area contributed by atoms with Gasteiger partial charge >= 0.3 is 5.97 Å². The summed E-state index contributed by atoms with van der Waals surface area (Å²) >= 11 is 1.28. The first-order valence-corrected chi connectivity index (χ1v) is 8.66. The van der Waals surface area contributed by atoms with Crippen LogP contribution in [-0.4, -0.2) is 41.0 Å². The van der Waals surface area contributed by atoms with Gasteiger partial charge in [-0.05, 0) is 31.5 Å². The zero-order valence-corrected chi connectivity index (χ0v) is 13.1. The lowest BCUT2D eigenvalue weighted by molar-refractivity contribution is -0.140. The smallest absolute Gasteiger partial charge is 0.322 e. The second-order valence-corrected chi connectivity index (χ2v) is 7.87. The maximum atomic E-state index is 12.8. The summed E-state index contributed by atoms with van der Waals surface area (Å²) in [5.74, 6) is -0.947. The van der Waals surface area contributed by atoms with Gasteiger partial charge in [0.2, 0.25) is 10.0 Å². The highest BCUT2D eigenvalue weighted by Gasteiger charge is 2.44. The molecule has 6 nitrogen and oxygen atoms in total. The van der Waals surface area contributed by atoms with Crippen molar-refractivity contribution in [1.29, 1.82) is 5.26 Å². The average Bonchev–Trinajstić information content (AvgIpc) is 2.82. The zero-order chi connectivity index (χ0) is 15.8. The predicted octanol–water partition coefficient (Wildman–Crippen LogP) is 1.40. The van der Waals surface area contributed by atoms with Crippen LogP contribution in [0.15, 0.2) is 23.1 Å². The predicted molar refractivity (Wildman–Crippen MR) is 78.3 cm³/mol. The molecule has 1 fully saturated rings. The van der Waals surface area contributed by atoms with Crippen LogP contribution in [0.3, 0.4) is 0 Å². The van der Waals surface area contributed by atoms with Gasteiger partial charge in [0.15, 0.2) is 0 Å². The molecule has 21 heavy (non-hydrogen) atoms. The van der Waals surface area contributed by atoms with Gasteiger partial charge in [-0.1, -0.05) is 6.07 Å². The fourth-order valence-corrected chi connectivity index (χ4v) is 5.78. The lowest BCUT2D eigenvalue weighted by Gasteiger charge is -2.25. The van der Waals surface area contributed by atoms with Gasteiger partial charge in [-0.3, -0.25) is 4.79 Å². The first kappa shape index (κ1) is 15.8. The molecule has 0 saturated carbocycles. The van der Waals surface area contributed by atoms with Crippen molar-refractivity contribution in [1.82, 2.24) is 4.31 Å². The molecule has 0 bridgehead atoms. The summed E-state index contributed by atoms with van der Waals surface area (Å²) in [7, 11) is -3.96. The van der Waals surface area contributed by atoms with Crippen molar-refractivity contribution >= 4 is 27.8 Å². The van der Waals surface area contributed by atoms with Crippen molar-refractivity contribution in [3.8, 4) is 6.07 Å². The summed E-state index contributed by atoms with van der Waals surface area (Å²) in [5, 5.41) is 17.7. The Hall–Kier alpha value is -1.56. The lowest BCUT2D eigenvalue weighted by atomic mass is 10.2. The SMILES string of the molecule is Cc1ccc(C#N)cc1S(=O)(=O)N1C(C)SCC1C(=O)O. The molecule has 0 aromatic heterocycles. The maximum Gasteiger partial charge on any atom is 0.322 e. The Balaban J connectivity index is 2.56. The van der Waals surface area contributed by atoms with E-state index in [4.69, 9.17) is 5.26 Å². The van der Waals surface area contributed by atoms with Gasteiger partial charge in [0.05, 0.1) is 21.9 Å². The number of nitrogens with zero attached hydrogens (tertiary/aromatic N) is 2. The van der Waals surface area contributed by atoms with Crippen LogP contribution in [0.4, 0.5) is 0 Å². The number of aryl methyl sites for hydroxylation is 1. The molecule has 1 heterocycles. The van der Waals surface area contributed by atoms with Crippen LogP contribution in [-0.2, 0) is 14.8 Å². The third-order valence-corrected chi connectivity index (χ3v) is 6.79. The summed E-state index contributed by atoms with van der Waals surface area (Å²) in [6.07, 6.45) is 0. The number of aliphatic carboxylic acids is 1. The van der Waals surface area contributed by atoms with Crippen LogP contribution in [0.5, 0.6) is 0 Å². The number of hydrogen-bond donors (Lipinski definition) is 1. The first-order valence-electron chi connectivity index (χ1n) is 6.17. The molecule has 112 valence electrons. The number of carboxylic acids is 1. The van der Waals surface area contributed by atoms with E-state index in [1.807, 2.05) is 6.07 Å². The molecule has 1 N–H and O–H groups in total. The first-order chi connectivity index (χ1) is 9.78. The number of thioether (sulfide) groups is 1. The highest BCUT2D eigenvalue weighted by atomic mass is 32.2. The van der Waals surface area contributed by atoms with Gasteiger partial charge in [0.1, 0.15) is 6.04 Å². The molecule has 8 heteroatoms. The Morgan fingerprint density at radius 2 is 2.19 bits per heavy atom. The number of rotatable bonds is 3. The summed E-state index contributed by atoms with van der Waals surface area (Å²) < 4.78 is 26.6. The molecule has 2 unspecified atom stereocenters. The Morgan fingerprint density at radius 1 is 1.52 bits per heavy atom. The van der Waals surface area contributed by atoms with E-state index in [2.05, 4.69) is 0 Å². The average molecular weight is 326 g/mol. The molecule has 1 aliphatic rings. The van der Waals surface area contributed by atoms with Crippen molar-refractivity contribution in [3.63, 3.8) is 0 Å². The topological polar surface area (TPSA) is 98.5 Å². The number of benzene rings is 1. The Bertz CT molecular complexity index is 724. The Morgan fingerprint density at radius 3 is 2.76 bits per heavy atom. The van der Waals surface area contributed by atoms with Gasteiger partial charge in [-0.2, -0.15) is 9.57 Å². The molecule has 1 aromatic rings. The fourth-order valence-electron chi connectivity index (χ4n) is 2.23. The number of carbonyl (C=O) groups is 1. The molecule has 1 aliphatic heterocycles. The van der Waals surface area contributed by atoms with E-state index in [9.17, 15) is 18.3 Å². The normalized spacial score (nSPS) is 22.9. The maximum absolute atomic E-state index is 12.8. The molecule has 1 saturated heterocycles. The van der Waals surface area contributed by atoms with Crippen molar-refractivity contribution in [3.05, 3.63) is 29.3 Å².